The molecule has 3 rings (SSSR count). The number of thioether (sulfide) groups is 1. The number of carboxylic acids is 1. The van der Waals surface area contributed by atoms with E-state index in [1.807, 2.05) is 48.4 Å². The number of ether oxygens (including phenoxy) is 2. The molecule has 0 saturated heterocycles. The zero-order valence-electron chi connectivity index (χ0n) is 19.4. The van der Waals surface area contributed by atoms with Gasteiger partial charge in [0.1, 0.15) is 22.2 Å². The zero-order chi connectivity index (χ0) is 24.0. The summed E-state index contributed by atoms with van der Waals surface area (Å²) < 4.78 is 18.4. The summed E-state index contributed by atoms with van der Waals surface area (Å²) in [5.41, 5.74) is 0.753. The van der Waals surface area contributed by atoms with Crippen LogP contribution in [-0.4, -0.2) is 53.1 Å². The number of carboxylic acid groups (broad SMARTS) is 1. The smallest absolute Gasteiger partial charge is 0.342 e. The van der Waals surface area contributed by atoms with Crippen molar-refractivity contribution in [3.05, 3.63) is 41.0 Å². The van der Waals surface area contributed by atoms with Gasteiger partial charge in [0.15, 0.2) is 16.9 Å². The second-order valence-corrected chi connectivity index (χ2v) is 7.92. The molecule has 0 bridgehead atoms. The lowest BCUT2D eigenvalue weighted by molar-refractivity contribution is -0.131. The Kier molecular flexibility index (Phi) is 8.05. The fourth-order valence-electron chi connectivity index (χ4n) is 3.29. The fourth-order valence-corrected chi connectivity index (χ4v) is 4.15. The molecule has 0 spiro atoms. The molecule has 0 aliphatic carbocycles. The van der Waals surface area contributed by atoms with Gasteiger partial charge in [-0.1, -0.05) is 0 Å². The number of nitrogens with zero attached hydrogens (tertiary/aromatic N) is 4. The van der Waals surface area contributed by atoms with Crippen LogP contribution in [0.3, 0.4) is 0 Å². The van der Waals surface area contributed by atoms with Gasteiger partial charge in [-0.05, 0) is 50.7 Å². The van der Waals surface area contributed by atoms with Crippen LogP contribution in [-0.2, 0) is 11.3 Å². The van der Waals surface area contributed by atoms with Crippen LogP contribution < -0.4 is 14.4 Å². The molecule has 0 amide bonds. The lowest BCUT2D eigenvalue weighted by Gasteiger charge is -2.16. The van der Waals surface area contributed by atoms with Crippen molar-refractivity contribution >= 4 is 29.7 Å². The van der Waals surface area contributed by atoms with Gasteiger partial charge in [-0.3, -0.25) is 0 Å². The number of aromatic nitrogens is 3. The summed E-state index contributed by atoms with van der Waals surface area (Å²) in [7, 11) is 3.16. The van der Waals surface area contributed by atoms with Gasteiger partial charge in [0.25, 0.3) is 0 Å². The van der Waals surface area contributed by atoms with E-state index in [0.717, 1.165) is 30.4 Å². The van der Waals surface area contributed by atoms with Gasteiger partial charge in [0, 0.05) is 43.4 Å². The summed E-state index contributed by atoms with van der Waals surface area (Å²) in [4.78, 5) is 14.1. The first kappa shape index (κ1) is 24.2. The Bertz CT molecular complexity index is 1110. The lowest BCUT2D eigenvalue weighted by atomic mass is 10.2. The minimum absolute atomic E-state index is 0.0762. The van der Waals surface area contributed by atoms with E-state index in [0.29, 0.717) is 40.7 Å². The monoisotopic (exact) mass is 472 g/mol. The number of hydrogen-bond acceptors (Lipinski definition) is 8. The maximum absolute atomic E-state index is 12.0. The average molecular weight is 473 g/mol. The first-order chi connectivity index (χ1) is 15.9. The molecule has 33 heavy (non-hydrogen) atoms. The third-order valence-corrected chi connectivity index (χ3v) is 6.01. The van der Waals surface area contributed by atoms with Crippen molar-refractivity contribution in [3.8, 4) is 22.9 Å². The number of benzene rings is 1. The Morgan fingerprint density at radius 3 is 2.33 bits per heavy atom. The molecule has 0 fully saturated rings. The van der Waals surface area contributed by atoms with E-state index in [9.17, 15) is 9.90 Å². The zero-order valence-corrected chi connectivity index (χ0v) is 20.2. The number of anilines is 1. The standard InChI is InChI=1S/C23H28N4O5S/c1-6-26(7-2)20-10-9-16(32-20)14-19(22(28)29)33-23-25-24-21(27(23)8-3)15-11-17(30-4)13-18(12-15)31-5/h9-14H,6-8H2,1-5H3,(H,28,29)/b19-14-. The summed E-state index contributed by atoms with van der Waals surface area (Å²) >= 11 is 1.02. The van der Waals surface area contributed by atoms with Crippen LogP contribution in [0.4, 0.5) is 5.88 Å². The van der Waals surface area contributed by atoms with Crippen LogP contribution in [0.1, 0.15) is 26.5 Å². The van der Waals surface area contributed by atoms with Crippen LogP contribution in [0.2, 0.25) is 0 Å². The average Bonchev–Trinajstić information content (AvgIpc) is 3.46. The quantitative estimate of drug-likeness (QED) is 0.316. The van der Waals surface area contributed by atoms with Crippen LogP contribution in [0.15, 0.2) is 44.8 Å². The van der Waals surface area contributed by atoms with Gasteiger partial charge in [0.2, 0.25) is 0 Å². The fraction of sp³-hybridized carbons (Fsp3) is 0.348. The lowest BCUT2D eigenvalue weighted by Crippen LogP contribution is -2.20. The summed E-state index contributed by atoms with van der Waals surface area (Å²) in [6, 6.07) is 9.03. The van der Waals surface area contributed by atoms with E-state index in [1.54, 1.807) is 26.4 Å². The van der Waals surface area contributed by atoms with E-state index >= 15 is 0 Å². The Morgan fingerprint density at radius 2 is 1.79 bits per heavy atom. The first-order valence-corrected chi connectivity index (χ1v) is 11.4. The second kappa shape index (κ2) is 11.0. The van der Waals surface area contributed by atoms with Crippen LogP contribution >= 0.6 is 11.8 Å². The molecule has 9 nitrogen and oxygen atoms in total. The molecule has 0 radical (unpaired) electrons. The highest BCUT2D eigenvalue weighted by molar-refractivity contribution is 8.04. The SMILES string of the molecule is CCN(CC)c1ccc(/C=C(\Sc2nnc(-c3cc(OC)cc(OC)c3)n2CC)C(=O)O)o1. The molecule has 1 aromatic carbocycles. The molecule has 2 heterocycles. The molecular formula is C23H28N4O5S. The van der Waals surface area contributed by atoms with Gasteiger partial charge >= 0.3 is 5.97 Å². The van der Waals surface area contributed by atoms with Gasteiger partial charge in [-0.25, -0.2) is 4.79 Å². The summed E-state index contributed by atoms with van der Waals surface area (Å²) in [5, 5.41) is 18.8. The number of hydrogen-bond donors (Lipinski definition) is 1. The molecule has 0 atom stereocenters. The van der Waals surface area contributed by atoms with E-state index in [2.05, 4.69) is 10.2 Å². The first-order valence-electron chi connectivity index (χ1n) is 10.6. The predicted octanol–water partition coefficient (Wildman–Crippen LogP) is 4.64. The van der Waals surface area contributed by atoms with Crippen molar-refractivity contribution in [2.75, 3.05) is 32.2 Å². The van der Waals surface area contributed by atoms with E-state index < -0.39 is 5.97 Å². The topological polar surface area (TPSA) is 103 Å². The maximum atomic E-state index is 12.0. The van der Waals surface area contributed by atoms with Crippen molar-refractivity contribution in [3.63, 3.8) is 0 Å². The minimum Gasteiger partial charge on any atom is -0.497 e. The Balaban J connectivity index is 1.94. The minimum atomic E-state index is -1.07. The third-order valence-electron chi connectivity index (χ3n) is 5.02. The Labute approximate surface area is 197 Å². The highest BCUT2D eigenvalue weighted by Gasteiger charge is 2.20. The van der Waals surface area contributed by atoms with Gasteiger partial charge in [0.05, 0.1) is 14.2 Å². The number of rotatable bonds is 11. The Morgan fingerprint density at radius 1 is 1.12 bits per heavy atom. The second-order valence-electron chi connectivity index (χ2n) is 6.92. The van der Waals surface area contributed by atoms with Gasteiger partial charge < -0.3 is 28.5 Å². The molecule has 3 aromatic rings. The third kappa shape index (κ3) is 5.51. The van der Waals surface area contributed by atoms with Gasteiger partial charge in [-0.2, -0.15) is 0 Å². The molecule has 1 N–H and O–H groups in total. The molecule has 0 unspecified atom stereocenters. The van der Waals surface area contributed by atoms with Crippen molar-refractivity contribution < 1.29 is 23.8 Å². The molecule has 176 valence electrons. The van der Waals surface area contributed by atoms with E-state index in [1.165, 1.54) is 6.08 Å². The van der Waals surface area contributed by atoms with Gasteiger partial charge in [-0.15, -0.1) is 10.2 Å². The normalized spacial score (nSPS) is 11.5. The molecule has 0 aliphatic heterocycles. The molecule has 0 saturated carbocycles. The largest absolute Gasteiger partial charge is 0.497 e. The van der Waals surface area contributed by atoms with Crippen LogP contribution in [0.5, 0.6) is 11.5 Å². The summed E-state index contributed by atoms with van der Waals surface area (Å²) in [6.07, 6.45) is 1.50. The van der Waals surface area contributed by atoms with Crippen molar-refractivity contribution in [1.29, 1.82) is 0 Å². The summed E-state index contributed by atoms with van der Waals surface area (Å²) in [6.45, 7) is 8.15. The van der Waals surface area contributed by atoms with Crippen LogP contribution in [0.25, 0.3) is 17.5 Å². The molecule has 2 aromatic heterocycles. The highest BCUT2D eigenvalue weighted by atomic mass is 32.2. The van der Waals surface area contributed by atoms with Crippen molar-refractivity contribution in [2.45, 2.75) is 32.5 Å². The number of carbonyl (C=O) groups is 1. The molecule has 10 heteroatoms. The van der Waals surface area contributed by atoms with Crippen molar-refractivity contribution in [1.82, 2.24) is 14.8 Å². The summed E-state index contributed by atoms with van der Waals surface area (Å²) in [5.74, 6) is 1.92. The predicted molar refractivity (Wildman–Crippen MR) is 128 cm³/mol. The van der Waals surface area contributed by atoms with E-state index in [4.69, 9.17) is 13.9 Å². The maximum Gasteiger partial charge on any atom is 0.342 e. The molecule has 0 aliphatic rings. The Hall–Kier alpha value is -3.40. The number of furan rings is 1. The van der Waals surface area contributed by atoms with E-state index in [-0.39, 0.29) is 4.91 Å². The molecular weight excluding hydrogens is 444 g/mol. The number of methoxy groups -OCH3 is 2. The number of aliphatic carboxylic acids is 1. The van der Waals surface area contributed by atoms with Crippen molar-refractivity contribution in [2.24, 2.45) is 0 Å². The highest BCUT2D eigenvalue weighted by Crippen LogP contribution is 2.34. The van der Waals surface area contributed by atoms with Crippen LogP contribution in [0, 0.1) is 0 Å².